The number of aryl methyl sites for hydroxylation is 2. The number of unbranched alkanes of at least 4 members (excludes halogenated alkanes) is 1. The number of pyridine rings is 1. The Hall–Kier alpha value is -3.89. The smallest absolute Gasteiger partial charge is 0.295 e. The lowest BCUT2D eigenvalue weighted by molar-refractivity contribution is -0.140. The summed E-state index contributed by atoms with van der Waals surface area (Å²) in [5, 5.41) is 11.7. The second-order valence-electron chi connectivity index (χ2n) is 10.8. The molecule has 1 N–H and O–H groups in total. The molecule has 10 nitrogen and oxygen atoms in total. The molecule has 42 heavy (non-hydrogen) atoms. The largest absolute Gasteiger partial charge is 0.505 e. The summed E-state index contributed by atoms with van der Waals surface area (Å²) in [5.74, 6) is -0.549. The van der Waals surface area contributed by atoms with E-state index in [1.54, 1.807) is 24.1 Å². The van der Waals surface area contributed by atoms with Crippen LogP contribution in [0, 0.1) is 13.8 Å². The van der Waals surface area contributed by atoms with Gasteiger partial charge in [-0.05, 0) is 56.0 Å². The molecule has 2 aromatic heterocycles. The SMILES string of the molecule is CCCCOc1ccc(C2C(=C(O)c3nc4c(C)cccn4c3C)C(=O)C(=O)N2CCCN2CCOCC2)cc1OC. The molecule has 0 saturated carbocycles. The number of hydrogen-bond acceptors (Lipinski definition) is 8. The molecule has 0 bridgehead atoms. The summed E-state index contributed by atoms with van der Waals surface area (Å²) >= 11 is 0. The van der Waals surface area contributed by atoms with E-state index < -0.39 is 17.7 Å². The number of aliphatic hydroxyl groups is 1. The van der Waals surface area contributed by atoms with Gasteiger partial charge >= 0.3 is 0 Å². The summed E-state index contributed by atoms with van der Waals surface area (Å²) in [6.45, 7) is 10.6. The number of morpholine rings is 1. The zero-order valence-corrected chi connectivity index (χ0v) is 24.9. The Morgan fingerprint density at radius 3 is 2.60 bits per heavy atom. The van der Waals surface area contributed by atoms with Gasteiger partial charge in [0, 0.05) is 32.4 Å². The van der Waals surface area contributed by atoms with E-state index in [0.29, 0.717) is 61.2 Å². The monoisotopic (exact) mass is 576 g/mol. The van der Waals surface area contributed by atoms with Gasteiger partial charge in [-0.1, -0.05) is 25.5 Å². The van der Waals surface area contributed by atoms with E-state index in [2.05, 4.69) is 11.8 Å². The summed E-state index contributed by atoms with van der Waals surface area (Å²) in [6.07, 6.45) is 4.45. The van der Waals surface area contributed by atoms with Crippen molar-refractivity contribution in [2.45, 2.75) is 46.1 Å². The molecule has 2 aliphatic heterocycles. The fourth-order valence-electron chi connectivity index (χ4n) is 5.72. The maximum absolute atomic E-state index is 13.6. The number of aromatic nitrogens is 2. The maximum atomic E-state index is 13.6. The summed E-state index contributed by atoms with van der Waals surface area (Å²) in [7, 11) is 1.56. The Labute approximate surface area is 246 Å². The minimum Gasteiger partial charge on any atom is -0.505 e. The van der Waals surface area contributed by atoms with E-state index >= 15 is 0 Å². The molecule has 1 atom stereocenters. The number of benzene rings is 1. The second kappa shape index (κ2) is 13.0. The normalized spacial score (nSPS) is 19.1. The lowest BCUT2D eigenvalue weighted by Crippen LogP contribution is -2.39. The Kier molecular flexibility index (Phi) is 9.13. The van der Waals surface area contributed by atoms with Crippen molar-refractivity contribution in [1.82, 2.24) is 19.2 Å². The van der Waals surface area contributed by atoms with E-state index in [0.717, 1.165) is 38.0 Å². The third-order valence-corrected chi connectivity index (χ3v) is 8.08. The lowest BCUT2D eigenvalue weighted by atomic mass is 9.96. The molecule has 2 fully saturated rings. The number of likely N-dealkylation sites (tertiary alicyclic amines) is 1. The third-order valence-electron chi connectivity index (χ3n) is 8.08. The molecule has 4 heterocycles. The predicted molar refractivity (Wildman–Crippen MR) is 159 cm³/mol. The van der Waals surface area contributed by atoms with Crippen LogP contribution < -0.4 is 9.47 Å². The third kappa shape index (κ3) is 5.73. The van der Waals surface area contributed by atoms with Crippen molar-refractivity contribution in [3.05, 3.63) is 64.6 Å². The molecule has 1 amide bonds. The molecule has 0 aliphatic carbocycles. The van der Waals surface area contributed by atoms with Crippen molar-refractivity contribution in [3.63, 3.8) is 0 Å². The zero-order valence-electron chi connectivity index (χ0n) is 24.9. The topological polar surface area (TPSA) is 106 Å². The quantitative estimate of drug-likeness (QED) is 0.156. The number of fused-ring (bicyclic) bond motifs is 1. The highest BCUT2D eigenvalue weighted by Gasteiger charge is 2.46. The number of aliphatic hydroxyl groups excluding tert-OH is 1. The van der Waals surface area contributed by atoms with Gasteiger partial charge in [-0.3, -0.25) is 14.5 Å². The van der Waals surface area contributed by atoms with Crippen LogP contribution in [0.4, 0.5) is 0 Å². The van der Waals surface area contributed by atoms with E-state index in [1.165, 1.54) is 0 Å². The number of amides is 1. The fourth-order valence-corrected chi connectivity index (χ4v) is 5.72. The number of nitrogens with zero attached hydrogens (tertiary/aromatic N) is 4. The predicted octanol–water partition coefficient (Wildman–Crippen LogP) is 4.28. The maximum Gasteiger partial charge on any atom is 0.295 e. The molecule has 3 aromatic rings. The van der Waals surface area contributed by atoms with Crippen LogP contribution in [-0.4, -0.2) is 89.1 Å². The van der Waals surface area contributed by atoms with E-state index in [9.17, 15) is 14.7 Å². The number of methoxy groups -OCH3 is 1. The van der Waals surface area contributed by atoms with Crippen molar-refractivity contribution in [3.8, 4) is 11.5 Å². The molecule has 0 radical (unpaired) electrons. The standard InChI is InChI=1S/C32H40N4O6/c1-5-6-17-42-24-11-10-23(20-25(24)40-4)28-26(29(37)27-22(3)35-13-7-9-21(2)31(35)33-27)30(38)32(39)36(28)14-8-12-34-15-18-41-19-16-34/h7,9-11,13,20,28,37H,5-6,8,12,14-19H2,1-4H3. The van der Waals surface area contributed by atoms with Gasteiger partial charge in [0.2, 0.25) is 0 Å². The number of rotatable bonds is 11. The van der Waals surface area contributed by atoms with E-state index in [-0.39, 0.29) is 17.0 Å². The fraction of sp³-hybridized carbons (Fsp3) is 0.469. The molecule has 10 heteroatoms. The van der Waals surface area contributed by atoms with Gasteiger partial charge in [-0.2, -0.15) is 0 Å². The average molecular weight is 577 g/mol. The number of carbonyl (C=O) groups is 2. The molecule has 0 spiro atoms. The van der Waals surface area contributed by atoms with Gasteiger partial charge in [-0.25, -0.2) is 4.98 Å². The van der Waals surface area contributed by atoms with Crippen molar-refractivity contribution in [2.24, 2.45) is 0 Å². The van der Waals surface area contributed by atoms with Crippen LogP contribution >= 0.6 is 0 Å². The van der Waals surface area contributed by atoms with Crippen LogP contribution in [0.15, 0.2) is 42.1 Å². The Bertz CT molecular complexity index is 1490. The number of ether oxygens (including phenoxy) is 3. The number of ketones is 1. The zero-order chi connectivity index (χ0) is 29.8. The molecule has 5 rings (SSSR count). The van der Waals surface area contributed by atoms with Crippen molar-refractivity contribution in [2.75, 3.05) is 53.1 Å². The first-order valence-electron chi connectivity index (χ1n) is 14.7. The van der Waals surface area contributed by atoms with Crippen LogP contribution in [-0.2, 0) is 14.3 Å². The van der Waals surface area contributed by atoms with Crippen LogP contribution in [0.5, 0.6) is 11.5 Å². The van der Waals surface area contributed by atoms with Crippen molar-refractivity contribution < 1.29 is 28.9 Å². The van der Waals surface area contributed by atoms with Crippen LogP contribution in [0.2, 0.25) is 0 Å². The Morgan fingerprint density at radius 2 is 1.88 bits per heavy atom. The minimum absolute atomic E-state index is 0.0252. The lowest BCUT2D eigenvalue weighted by Gasteiger charge is -2.29. The average Bonchev–Trinajstić information content (AvgIpc) is 3.47. The summed E-state index contributed by atoms with van der Waals surface area (Å²) in [5.41, 5.74) is 3.26. The summed E-state index contributed by atoms with van der Waals surface area (Å²) in [4.78, 5) is 35.7. The van der Waals surface area contributed by atoms with Crippen LogP contribution in [0.25, 0.3) is 11.4 Å². The van der Waals surface area contributed by atoms with Gasteiger partial charge in [0.1, 0.15) is 11.3 Å². The Morgan fingerprint density at radius 1 is 1.10 bits per heavy atom. The van der Waals surface area contributed by atoms with E-state index in [1.807, 2.05) is 42.6 Å². The molecule has 1 aromatic carbocycles. The van der Waals surface area contributed by atoms with Crippen molar-refractivity contribution >= 4 is 23.1 Å². The van der Waals surface area contributed by atoms with Gasteiger partial charge in [-0.15, -0.1) is 0 Å². The molecule has 1 unspecified atom stereocenters. The van der Waals surface area contributed by atoms with Crippen LogP contribution in [0.1, 0.15) is 54.7 Å². The number of imidazole rings is 1. The number of carbonyl (C=O) groups excluding carboxylic acids is 2. The highest BCUT2D eigenvalue weighted by molar-refractivity contribution is 6.46. The highest BCUT2D eigenvalue weighted by Crippen LogP contribution is 2.42. The highest BCUT2D eigenvalue weighted by atomic mass is 16.5. The Balaban J connectivity index is 1.56. The molecular formula is C32H40N4O6. The molecule has 2 saturated heterocycles. The van der Waals surface area contributed by atoms with Gasteiger partial charge < -0.3 is 28.6 Å². The first-order valence-corrected chi connectivity index (χ1v) is 14.7. The second-order valence-corrected chi connectivity index (χ2v) is 10.8. The van der Waals surface area contributed by atoms with Crippen molar-refractivity contribution in [1.29, 1.82) is 0 Å². The molecular weight excluding hydrogens is 536 g/mol. The van der Waals surface area contributed by atoms with Gasteiger partial charge in [0.05, 0.1) is 44.2 Å². The summed E-state index contributed by atoms with van der Waals surface area (Å²) in [6, 6.07) is 8.47. The first kappa shape index (κ1) is 29.6. The molecule has 224 valence electrons. The van der Waals surface area contributed by atoms with Gasteiger partial charge in [0.15, 0.2) is 17.3 Å². The first-order chi connectivity index (χ1) is 20.3. The van der Waals surface area contributed by atoms with Crippen LogP contribution in [0.3, 0.4) is 0 Å². The minimum atomic E-state index is -0.807. The number of Topliss-reactive ketones (excluding diaryl/α,β-unsaturated/α-hetero) is 1. The molecule has 2 aliphatic rings. The summed E-state index contributed by atoms with van der Waals surface area (Å²) < 4.78 is 18.9. The number of hydrogen-bond donors (Lipinski definition) is 1. The van der Waals surface area contributed by atoms with E-state index in [4.69, 9.17) is 19.2 Å². The van der Waals surface area contributed by atoms with Gasteiger partial charge in [0.25, 0.3) is 11.7 Å².